The Kier molecular flexibility index (Phi) is 3.36. The maximum absolute atomic E-state index is 9.52. The highest BCUT2D eigenvalue weighted by molar-refractivity contribution is 7.13. The zero-order valence-corrected chi connectivity index (χ0v) is 7.95. The Labute approximate surface area is 72.0 Å². The first-order valence-corrected chi connectivity index (χ1v) is 4.63. The molecule has 0 spiro atoms. The molecule has 1 heterocycles. The molecule has 11 heavy (non-hydrogen) atoms. The predicted octanol–water partition coefficient (Wildman–Crippen LogP) is 0.510. The smallest absolute Gasteiger partial charge is 0.113 e. The largest absolute Gasteiger partial charge is 0.400 e. The second-order valence-electron chi connectivity index (χ2n) is 3.35. The van der Waals surface area contributed by atoms with Crippen molar-refractivity contribution in [2.24, 2.45) is 0 Å². The van der Waals surface area contributed by atoms with Gasteiger partial charge in [0.25, 0.3) is 0 Å². The van der Waals surface area contributed by atoms with E-state index in [9.17, 15) is 5.11 Å². The average molecular weight is 171 g/mol. The Bertz CT molecular complexity index is 120. The van der Waals surface area contributed by atoms with Crippen LogP contribution in [0.1, 0.15) is 25.7 Å². The molecule has 1 unspecified atom stereocenters. The summed E-state index contributed by atoms with van der Waals surface area (Å²) in [5, 5.41) is 9.52. The summed E-state index contributed by atoms with van der Waals surface area (Å²) in [6, 6.07) is 0. The summed E-state index contributed by atoms with van der Waals surface area (Å²) >= 11 is 0. The molecule has 2 nitrogen and oxygen atoms in total. The van der Waals surface area contributed by atoms with E-state index < -0.39 is 5.50 Å². The van der Waals surface area contributed by atoms with Crippen LogP contribution in [0.15, 0.2) is 0 Å². The molecule has 2 radical (unpaired) electrons. The van der Waals surface area contributed by atoms with Crippen LogP contribution in [0.25, 0.3) is 0 Å². The minimum Gasteiger partial charge on any atom is -0.400 e. The molecule has 0 aliphatic carbocycles. The van der Waals surface area contributed by atoms with Crippen LogP contribution in [0.4, 0.5) is 0 Å². The first-order valence-electron chi connectivity index (χ1n) is 4.11. The first-order chi connectivity index (χ1) is 5.10. The van der Waals surface area contributed by atoms with Gasteiger partial charge in [-0.1, -0.05) is 9.39 Å². The second-order valence-corrected chi connectivity index (χ2v) is 4.08. The van der Waals surface area contributed by atoms with Crippen LogP contribution < -0.4 is 0 Å². The Morgan fingerprint density at radius 3 is 2.18 bits per heavy atom. The number of hydrogen-bond donors (Lipinski definition) is 1. The fourth-order valence-electron chi connectivity index (χ4n) is 1.41. The van der Waals surface area contributed by atoms with Gasteiger partial charge < -0.3 is 5.11 Å². The van der Waals surface area contributed by atoms with Crippen LogP contribution >= 0.6 is 9.39 Å². The molecule has 1 saturated heterocycles. The molecule has 1 N–H and O–H groups in total. The molecule has 0 bridgehead atoms. The van der Waals surface area contributed by atoms with E-state index in [4.69, 9.17) is 7.85 Å². The van der Waals surface area contributed by atoms with Crippen LogP contribution in [0.2, 0.25) is 0 Å². The summed E-state index contributed by atoms with van der Waals surface area (Å²) in [5.74, 6) is 0. The van der Waals surface area contributed by atoms with Gasteiger partial charge in [-0.25, -0.2) is 0 Å². The quantitative estimate of drug-likeness (QED) is 0.424. The molecule has 0 saturated carbocycles. The molecule has 4 heteroatoms. The molecule has 0 amide bonds. The number of rotatable bonds is 0. The van der Waals surface area contributed by atoms with Crippen molar-refractivity contribution in [3.05, 3.63) is 0 Å². The van der Waals surface area contributed by atoms with Crippen LogP contribution in [-0.4, -0.2) is 36.2 Å². The van der Waals surface area contributed by atoms with Crippen molar-refractivity contribution >= 4 is 17.2 Å². The molecular formula is C7H15BNOP. The van der Waals surface area contributed by atoms with Gasteiger partial charge in [0.2, 0.25) is 0 Å². The molecule has 1 fully saturated rings. The van der Waals surface area contributed by atoms with E-state index in [0.717, 1.165) is 38.8 Å². The monoisotopic (exact) mass is 171 g/mol. The topological polar surface area (TPSA) is 23.5 Å². The summed E-state index contributed by atoms with van der Waals surface area (Å²) in [6.45, 7) is 2.04. The lowest BCUT2D eigenvalue weighted by Gasteiger charge is -2.29. The van der Waals surface area contributed by atoms with Gasteiger partial charge >= 0.3 is 0 Å². The normalized spacial score (nSPS) is 27.5. The molecular weight excluding hydrogens is 156 g/mol. The molecule has 1 aliphatic rings. The van der Waals surface area contributed by atoms with Crippen LogP contribution in [-0.2, 0) is 0 Å². The van der Waals surface area contributed by atoms with Crippen molar-refractivity contribution in [3.8, 4) is 0 Å². The highest BCUT2D eigenvalue weighted by atomic mass is 31.0. The van der Waals surface area contributed by atoms with Crippen molar-refractivity contribution in [2.45, 2.75) is 31.2 Å². The van der Waals surface area contributed by atoms with E-state index in [1.54, 1.807) is 0 Å². The van der Waals surface area contributed by atoms with Crippen molar-refractivity contribution < 1.29 is 5.11 Å². The zero-order chi connectivity index (χ0) is 8.32. The molecule has 62 valence electrons. The van der Waals surface area contributed by atoms with E-state index >= 15 is 0 Å². The third kappa shape index (κ3) is 3.55. The van der Waals surface area contributed by atoms with Gasteiger partial charge in [-0.05, 0) is 25.7 Å². The molecule has 1 atom stereocenters. The number of hydrogen-bond acceptors (Lipinski definition) is 2. The van der Waals surface area contributed by atoms with Gasteiger partial charge in [0.05, 0.1) is 0 Å². The average Bonchev–Trinajstić information content (AvgIpc) is 1.83. The molecule has 0 aromatic heterocycles. The summed E-state index contributed by atoms with van der Waals surface area (Å²) in [5.41, 5.74) is -0.897. The summed E-state index contributed by atoms with van der Waals surface area (Å²) in [6.07, 6.45) is 3.41. The third-order valence-corrected chi connectivity index (χ3v) is 2.63. The lowest BCUT2D eigenvalue weighted by Crippen LogP contribution is -2.33. The lowest BCUT2D eigenvalue weighted by molar-refractivity contribution is 0.0928. The Morgan fingerprint density at radius 2 is 1.73 bits per heavy atom. The molecule has 1 rings (SSSR count). The van der Waals surface area contributed by atoms with Gasteiger partial charge in [0.15, 0.2) is 0 Å². The van der Waals surface area contributed by atoms with Gasteiger partial charge in [0.1, 0.15) is 7.85 Å². The van der Waals surface area contributed by atoms with E-state index in [1.807, 2.05) is 0 Å². The Hall–Kier alpha value is 0.415. The van der Waals surface area contributed by atoms with E-state index in [-0.39, 0.29) is 0 Å². The first kappa shape index (κ1) is 9.50. The van der Waals surface area contributed by atoms with Crippen molar-refractivity contribution in [1.82, 2.24) is 4.67 Å². The lowest BCUT2D eigenvalue weighted by atomic mass is 9.74. The second kappa shape index (κ2) is 3.89. The summed E-state index contributed by atoms with van der Waals surface area (Å²) in [4.78, 5) is 0. The maximum atomic E-state index is 9.52. The van der Waals surface area contributed by atoms with E-state index in [1.165, 1.54) is 0 Å². The summed E-state index contributed by atoms with van der Waals surface area (Å²) < 4.78 is 2.20. The minimum absolute atomic E-state index is 0.720. The highest BCUT2D eigenvalue weighted by Gasteiger charge is 2.21. The van der Waals surface area contributed by atoms with Gasteiger partial charge in [-0.15, -0.1) is 0 Å². The fraction of sp³-hybridized carbons (Fsp3) is 1.00. The van der Waals surface area contributed by atoms with Gasteiger partial charge in [0, 0.05) is 18.6 Å². The van der Waals surface area contributed by atoms with Gasteiger partial charge in [-0.2, -0.15) is 0 Å². The fourth-order valence-corrected chi connectivity index (χ4v) is 1.78. The zero-order valence-electron chi connectivity index (χ0n) is 6.79. The van der Waals surface area contributed by atoms with Crippen LogP contribution in [0, 0.1) is 0 Å². The highest BCUT2D eigenvalue weighted by Crippen LogP contribution is 2.20. The Balaban J connectivity index is 2.35. The molecule has 1 aliphatic heterocycles. The van der Waals surface area contributed by atoms with E-state index in [0.29, 0.717) is 0 Å². The SMILES string of the molecule is [B]C1(O)CCCN(P)CCC1. The van der Waals surface area contributed by atoms with Crippen molar-refractivity contribution in [3.63, 3.8) is 0 Å². The van der Waals surface area contributed by atoms with Gasteiger partial charge in [-0.3, -0.25) is 4.67 Å². The minimum atomic E-state index is -0.897. The summed E-state index contributed by atoms with van der Waals surface area (Å²) in [7, 11) is 8.32. The molecule has 0 aromatic rings. The van der Waals surface area contributed by atoms with Crippen molar-refractivity contribution in [2.75, 3.05) is 13.1 Å². The van der Waals surface area contributed by atoms with Crippen molar-refractivity contribution in [1.29, 1.82) is 0 Å². The van der Waals surface area contributed by atoms with Crippen LogP contribution in [0.5, 0.6) is 0 Å². The number of nitrogens with zero attached hydrogens (tertiary/aromatic N) is 1. The third-order valence-electron chi connectivity index (χ3n) is 2.11. The number of aliphatic hydroxyl groups is 1. The standard InChI is InChI=1S/C7H15BNOP/c8-7(10)3-1-5-9(11)6-2-4-7/h10H,1-6,11H2. The molecule has 0 aromatic carbocycles. The maximum Gasteiger partial charge on any atom is 0.113 e. The van der Waals surface area contributed by atoms with E-state index in [2.05, 4.69) is 14.1 Å². The predicted molar refractivity (Wildman–Crippen MR) is 50.5 cm³/mol. The van der Waals surface area contributed by atoms with Crippen LogP contribution in [0.3, 0.4) is 0 Å². The Morgan fingerprint density at radius 1 is 1.27 bits per heavy atom.